The molecule has 0 saturated carbocycles. The van der Waals surface area contributed by atoms with Gasteiger partial charge in [-0.3, -0.25) is 44.6 Å². The smallest absolute Gasteiger partial charge is 0.871 e. The fourth-order valence-electron chi connectivity index (χ4n) is 4.68. The standard InChI is InChI=1S/C16H13N5O7S.C16H13N5O4.Cr/c1-9-14(16(23)20(19-9)10-5-3-2-4-6-10)18-17-12-7-11(21(24)25)8-13(15(12)22)29(26,27)28;1-10-15(16(23)20(19-10)11-5-3-2-4-6-11)18-17-13-9-12(21(24)25)7-8-14(13)22;/h2-8,19,22H,1H3,(H,26,27,28);2-9,19,22H,1H3;. The summed E-state index contributed by atoms with van der Waals surface area (Å²) >= 11 is 0. The number of para-hydroxylation sites is 2. The maximum absolute atomic E-state index is 12.6. The molecule has 23 heteroatoms. The van der Waals surface area contributed by atoms with Gasteiger partial charge in [-0.25, -0.2) is 9.36 Å². The Kier molecular flexibility index (Phi) is 12.4. The molecule has 4 aromatic carbocycles. The van der Waals surface area contributed by atoms with Crippen molar-refractivity contribution < 1.29 is 53.2 Å². The van der Waals surface area contributed by atoms with Crippen LogP contribution in [0.3, 0.4) is 0 Å². The number of hydrogen-bond acceptors (Lipinski definition) is 14. The van der Waals surface area contributed by atoms with Gasteiger partial charge in [-0.15, -0.1) is 10.2 Å². The molecule has 0 spiro atoms. The average Bonchev–Trinajstić information content (AvgIpc) is 3.59. The molecule has 0 fully saturated rings. The van der Waals surface area contributed by atoms with E-state index in [4.69, 9.17) is 4.55 Å². The van der Waals surface area contributed by atoms with E-state index < -0.39 is 58.9 Å². The second kappa shape index (κ2) is 16.7. The molecule has 3 N–H and O–H groups in total. The van der Waals surface area contributed by atoms with Crippen LogP contribution in [0.5, 0.6) is 11.5 Å². The fourth-order valence-corrected chi connectivity index (χ4v) is 5.29. The van der Waals surface area contributed by atoms with Crippen molar-refractivity contribution >= 4 is 44.2 Å². The van der Waals surface area contributed by atoms with Crippen molar-refractivity contribution in [3.63, 3.8) is 0 Å². The minimum absolute atomic E-state index is 0. The topological polar surface area (TPSA) is 312 Å². The monoisotopic (exact) mass is 810 g/mol. The van der Waals surface area contributed by atoms with E-state index in [0.29, 0.717) is 29.2 Å². The van der Waals surface area contributed by atoms with Crippen molar-refractivity contribution in [2.45, 2.75) is 18.7 Å². The van der Waals surface area contributed by atoms with Crippen LogP contribution in [0.2, 0.25) is 0 Å². The minimum Gasteiger partial charge on any atom is -0.871 e. The zero-order valence-electron chi connectivity index (χ0n) is 30.1. The van der Waals surface area contributed by atoms with Gasteiger partial charge in [0.1, 0.15) is 0 Å². The van der Waals surface area contributed by atoms with Gasteiger partial charge in [-0.05, 0) is 38.1 Å². The largest absolute Gasteiger partial charge is 1.00 e. The van der Waals surface area contributed by atoms with Gasteiger partial charge in [0.2, 0.25) is 0 Å². The molecular weight excluding hydrogens is 784 g/mol. The zero-order valence-corrected chi connectivity index (χ0v) is 30.2. The number of aromatic nitrogens is 4. The molecule has 0 amide bonds. The van der Waals surface area contributed by atoms with Crippen LogP contribution in [0, 0.1) is 34.1 Å². The van der Waals surface area contributed by atoms with Gasteiger partial charge >= 0.3 is 2.85 Å². The Hall–Kier alpha value is -7.06. The number of aryl methyl sites for hydroxylation is 2. The Bertz CT molecular complexity index is 2700. The van der Waals surface area contributed by atoms with E-state index in [1.54, 1.807) is 61.5 Å². The predicted octanol–water partition coefficient (Wildman–Crippen LogP) is 5.21. The van der Waals surface area contributed by atoms with Crippen molar-refractivity contribution in [2.24, 2.45) is 20.5 Å². The van der Waals surface area contributed by atoms with Crippen molar-refractivity contribution in [3.8, 4) is 22.9 Å². The summed E-state index contributed by atoms with van der Waals surface area (Å²) in [6.07, 6.45) is 0. The molecule has 0 aliphatic heterocycles. The third-order valence-electron chi connectivity index (χ3n) is 7.29. The van der Waals surface area contributed by atoms with Crippen LogP contribution >= 0.6 is 0 Å². The molecule has 6 rings (SSSR count). The Morgan fingerprint density at radius 1 is 0.673 bits per heavy atom. The zero-order chi connectivity index (χ0) is 39.3. The molecule has 0 aliphatic rings. The molecule has 0 unspecified atom stereocenters. The first-order valence-corrected chi connectivity index (χ1v) is 16.5. The van der Waals surface area contributed by atoms with Gasteiger partial charge in [-0.1, -0.05) is 54.0 Å². The summed E-state index contributed by atoms with van der Waals surface area (Å²) in [5.74, 6) is -1.82. The fraction of sp³-hybridized carbons (Fsp3) is 0.0625. The van der Waals surface area contributed by atoms with Gasteiger partial charge in [0, 0.05) is 41.6 Å². The summed E-state index contributed by atoms with van der Waals surface area (Å²) in [5, 5.41) is 66.1. The minimum atomic E-state index is -5.03. The summed E-state index contributed by atoms with van der Waals surface area (Å²) in [6.45, 7) is 3.16. The molecule has 2 heterocycles. The number of rotatable bonds is 9. The number of benzene rings is 4. The number of azo groups is 2. The van der Waals surface area contributed by atoms with Gasteiger partial charge in [0.05, 0.1) is 48.9 Å². The summed E-state index contributed by atoms with van der Waals surface area (Å²) in [6, 6.07) is 21.6. The molecule has 0 aliphatic carbocycles. The molecule has 282 valence electrons. The van der Waals surface area contributed by atoms with Crippen molar-refractivity contribution in [3.05, 3.63) is 143 Å². The first kappa shape index (κ1) is 40.7. The number of aromatic amines is 2. The quantitative estimate of drug-likeness (QED) is 0.0736. The van der Waals surface area contributed by atoms with Crippen LogP contribution in [-0.2, 0) is 27.5 Å². The third-order valence-corrected chi connectivity index (χ3v) is 8.15. The Balaban J connectivity index is 0.000000377. The van der Waals surface area contributed by atoms with Crippen molar-refractivity contribution in [1.82, 2.24) is 19.6 Å². The molecular formula is C32H26CrN10O11S. The maximum atomic E-state index is 12.6. The molecule has 21 nitrogen and oxygen atoms in total. The Labute approximate surface area is 321 Å². The van der Waals surface area contributed by atoms with Crippen LogP contribution in [0.4, 0.5) is 34.1 Å². The Morgan fingerprint density at radius 2 is 1.11 bits per heavy atom. The molecule has 0 bridgehead atoms. The normalized spacial score (nSPS) is 11.3. The van der Waals surface area contributed by atoms with Crippen LogP contribution in [0.25, 0.3) is 11.4 Å². The first-order valence-electron chi connectivity index (χ1n) is 15.1. The van der Waals surface area contributed by atoms with E-state index in [2.05, 4.69) is 30.7 Å². The van der Waals surface area contributed by atoms with Crippen LogP contribution in [-0.4, -0.2) is 42.4 Å². The van der Waals surface area contributed by atoms with Gasteiger partial charge in [-0.2, -0.15) is 18.6 Å². The molecule has 2 aromatic heterocycles. The number of nitro groups is 2. The van der Waals surface area contributed by atoms with E-state index >= 15 is 0 Å². The number of hydrogen-bond donors (Lipinski definition) is 3. The summed E-state index contributed by atoms with van der Waals surface area (Å²) in [4.78, 5) is 44.0. The first-order chi connectivity index (χ1) is 25.6. The number of non-ortho nitro benzene ring substituents is 2. The Morgan fingerprint density at radius 3 is 1.55 bits per heavy atom. The van der Waals surface area contributed by atoms with E-state index in [9.17, 15) is 48.4 Å². The van der Waals surface area contributed by atoms with Crippen LogP contribution in [0.1, 0.15) is 14.2 Å². The number of nitro benzene ring substituents is 2. The third kappa shape index (κ3) is 9.12. The molecule has 0 radical (unpaired) electrons. The second-order valence-electron chi connectivity index (χ2n) is 11.0. The number of nitrogens with one attached hydrogen (secondary N) is 2. The summed E-state index contributed by atoms with van der Waals surface area (Å²) in [7, 11) is -5.03. The van der Waals surface area contributed by atoms with Gasteiger partial charge < -0.3 is 10.2 Å². The van der Waals surface area contributed by atoms with Crippen LogP contribution < -0.4 is 21.3 Å². The average molecular weight is 811 g/mol. The van der Waals surface area contributed by atoms with E-state index in [1.807, 2.05) is 6.07 Å². The maximum Gasteiger partial charge on any atom is 1.00 e. The van der Waals surface area contributed by atoms with Gasteiger partial charge in [0.25, 0.3) is 32.6 Å². The van der Waals surface area contributed by atoms with Gasteiger partial charge in [0.15, 0.2) is 11.4 Å². The SMILES string of the molecule is Cc1[nH]n(-c2ccccc2)c(=O)c1N=Nc1cc([N+](=O)[O-])cc(S(=O)(=O)O)c1[O-].Cc1[nH]n(-c2ccccc2)c(=O)c1N=Nc1cc([N+](=O)[O-])ccc1[O-].[Cr].[H+].[H+]. The molecule has 0 saturated heterocycles. The van der Waals surface area contributed by atoms with E-state index in [-0.39, 0.29) is 48.7 Å². The predicted molar refractivity (Wildman–Crippen MR) is 188 cm³/mol. The van der Waals surface area contributed by atoms with Crippen molar-refractivity contribution in [1.29, 1.82) is 0 Å². The summed E-state index contributed by atoms with van der Waals surface area (Å²) in [5.41, 5.74) is -1.34. The molecule has 6 aromatic rings. The van der Waals surface area contributed by atoms with Crippen LogP contribution in [0.15, 0.2) is 126 Å². The van der Waals surface area contributed by atoms with E-state index in [1.165, 1.54) is 16.3 Å². The second-order valence-corrected chi connectivity index (χ2v) is 12.3. The molecule has 0 atom stereocenters. The molecule has 55 heavy (non-hydrogen) atoms. The number of nitrogens with zero attached hydrogens (tertiary/aromatic N) is 8. The summed E-state index contributed by atoms with van der Waals surface area (Å²) < 4.78 is 34.3. The number of H-pyrrole nitrogens is 2. The van der Waals surface area contributed by atoms with E-state index in [0.717, 1.165) is 18.2 Å². The van der Waals surface area contributed by atoms with Crippen molar-refractivity contribution in [2.75, 3.05) is 0 Å².